The van der Waals surface area contributed by atoms with Crippen molar-refractivity contribution in [1.29, 1.82) is 0 Å². The zero-order valence-corrected chi connectivity index (χ0v) is 17.0. The summed E-state index contributed by atoms with van der Waals surface area (Å²) in [5, 5.41) is 6.42. The molecule has 9 heteroatoms. The van der Waals surface area contributed by atoms with E-state index >= 15 is 0 Å². The predicted octanol–water partition coefficient (Wildman–Crippen LogP) is 1.89. The second-order valence-electron chi connectivity index (χ2n) is 6.64. The Morgan fingerprint density at radius 3 is 2.72 bits per heavy atom. The average molecular weight is 408 g/mol. The molecule has 0 aliphatic carbocycles. The van der Waals surface area contributed by atoms with Crippen LogP contribution < -0.4 is 10.6 Å². The Kier molecular flexibility index (Phi) is 6.89. The van der Waals surface area contributed by atoms with Gasteiger partial charge in [0, 0.05) is 23.5 Å². The molecule has 0 radical (unpaired) electrons. The molecule has 3 rings (SSSR count). The molecule has 1 aromatic heterocycles. The highest BCUT2D eigenvalue weighted by molar-refractivity contribution is 7.91. The van der Waals surface area contributed by atoms with Gasteiger partial charge in [-0.3, -0.25) is 4.79 Å². The number of piperidine rings is 1. The van der Waals surface area contributed by atoms with Gasteiger partial charge in [-0.05, 0) is 58.2 Å². The van der Waals surface area contributed by atoms with Gasteiger partial charge in [0.25, 0.3) is 10.0 Å². The van der Waals surface area contributed by atoms with Crippen LogP contribution in [-0.2, 0) is 14.8 Å². The highest BCUT2D eigenvalue weighted by Gasteiger charge is 2.40. The number of aryl methyl sites for hydroxylation is 1. The molecule has 0 bridgehead atoms. The summed E-state index contributed by atoms with van der Waals surface area (Å²) in [5.74, 6) is -0.162. The Bertz CT molecular complexity index is 707. The quantitative estimate of drug-likeness (QED) is 0.798. The van der Waals surface area contributed by atoms with E-state index in [1.807, 2.05) is 6.92 Å². The van der Waals surface area contributed by atoms with Crippen molar-refractivity contribution in [2.24, 2.45) is 0 Å². The Hall–Kier alpha value is -0.670. The summed E-state index contributed by atoms with van der Waals surface area (Å²) < 4.78 is 27.4. The van der Waals surface area contributed by atoms with Crippen LogP contribution in [0.5, 0.6) is 0 Å². The van der Waals surface area contributed by atoms with Crippen molar-refractivity contribution in [3.8, 4) is 0 Å². The number of nitrogens with one attached hydrogen (secondary N) is 2. The van der Waals surface area contributed by atoms with E-state index in [1.54, 1.807) is 12.1 Å². The number of nitrogens with zero attached hydrogens (tertiary/aromatic N) is 1. The minimum Gasteiger partial charge on any atom is -0.350 e. The van der Waals surface area contributed by atoms with Crippen molar-refractivity contribution in [2.75, 3.05) is 13.1 Å². The van der Waals surface area contributed by atoms with Crippen LogP contribution in [0.2, 0.25) is 0 Å². The summed E-state index contributed by atoms with van der Waals surface area (Å²) >= 11 is 1.26. The molecule has 3 unspecified atom stereocenters. The molecule has 1 amide bonds. The lowest BCUT2D eigenvalue weighted by Crippen LogP contribution is -2.56. The van der Waals surface area contributed by atoms with E-state index in [-0.39, 0.29) is 30.4 Å². The average Bonchev–Trinajstić information content (AvgIpc) is 3.18. The van der Waals surface area contributed by atoms with Gasteiger partial charge < -0.3 is 10.6 Å². The normalized spacial score (nSPS) is 27.7. The predicted molar refractivity (Wildman–Crippen MR) is 102 cm³/mol. The molecule has 1 aromatic rings. The summed E-state index contributed by atoms with van der Waals surface area (Å²) in [4.78, 5) is 13.7. The van der Waals surface area contributed by atoms with Crippen LogP contribution in [0.4, 0.5) is 0 Å². The van der Waals surface area contributed by atoms with Gasteiger partial charge in [0.05, 0.1) is 0 Å². The summed E-state index contributed by atoms with van der Waals surface area (Å²) in [6, 6.07) is 3.13. The van der Waals surface area contributed by atoms with E-state index in [4.69, 9.17) is 0 Å². The molecule has 0 aromatic carbocycles. The van der Waals surface area contributed by atoms with Gasteiger partial charge in [0.2, 0.25) is 5.91 Å². The van der Waals surface area contributed by atoms with Crippen LogP contribution >= 0.6 is 23.7 Å². The van der Waals surface area contributed by atoms with Gasteiger partial charge in [0.1, 0.15) is 10.3 Å². The third-order valence-electron chi connectivity index (χ3n) is 4.87. The van der Waals surface area contributed by atoms with Gasteiger partial charge >= 0.3 is 0 Å². The second-order valence-corrected chi connectivity index (χ2v) is 10.0. The topological polar surface area (TPSA) is 78.5 Å². The van der Waals surface area contributed by atoms with Crippen LogP contribution in [0.25, 0.3) is 0 Å². The smallest absolute Gasteiger partial charge is 0.253 e. The SMILES string of the molecule is Cc1ccc(S(=O)(=O)N2CCCC2C(=O)NC2CCCNC2C)s1.Cl. The van der Waals surface area contributed by atoms with Crippen molar-refractivity contribution in [3.05, 3.63) is 17.0 Å². The third kappa shape index (κ3) is 4.36. The molecule has 2 aliphatic heterocycles. The zero-order valence-electron chi connectivity index (χ0n) is 14.5. The fourth-order valence-electron chi connectivity index (χ4n) is 3.48. The van der Waals surface area contributed by atoms with Crippen LogP contribution in [0.15, 0.2) is 16.3 Å². The molecule has 0 saturated carbocycles. The molecule has 2 fully saturated rings. The Morgan fingerprint density at radius 2 is 2.08 bits per heavy atom. The lowest BCUT2D eigenvalue weighted by molar-refractivity contribution is -0.125. The van der Waals surface area contributed by atoms with Crippen molar-refractivity contribution >= 4 is 39.7 Å². The lowest BCUT2D eigenvalue weighted by atomic mass is 9.99. The maximum Gasteiger partial charge on any atom is 0.253 e. The molecule has 2 aliphatic rings. The molecule has 0 spiro atoms. The first kappa shape index (κ1) is 20.6. The highest BCUT2D eigenvalue weighted by atomic mass is 35.5. The Balaban J connectivity index is 0.00000225. The summed E-state index contributed by atoms with van der Waals surface area (Å²) in [6.07, 6.45) is 3.27. The van der Waals surface area contributed by atoms with E-state index in [2.05, 4.69) is 17.6 Å². The van der Waals surface area contributed by atoms with Crippen LogP contribution in [0.1, 0.15) is 37.5 Å². The van der Waals surface area contributed by atoms with Crippen LogP contribution in [0, 0.1) is 6.92 Å². The fraction of sp³-hybridized carbons (Fsp3) is 0.688. The molecule has 2 N–H and O–H groups in total. The number of carbonyl (C=O) groups excluding carboxylic acids is 1. The maximum absolute atomic E-state index is 12.9. The maximum atomic E-state index is 12.9. The fourth-order valence-corrected chi connectivity index (χ4v) is 6.55. The van der Waals surface area contributed by atoms with Gasteiger partial charge in [-0.15, -0.1) is 23.7 Å². The standard InChI is InChI=1S/C16H25N3O3S2.ClH/c1-11-7-8-15(23-11)24(21,22)19-10-4-6-14(19)16(20)18-13-5-3-9-17-12(13)2;/h7-8,12-14,17H,3-6,9-10H2,1-2H3,(H,18,20);1H. The first-order valence-electron chi connectivity index (χ1n) is 8.51. The van der Waals surface area contributed by atoms with Crippen LogP contribution in [-0.4, -0.2) is 49.8 Å². The summed E-state index contributed by atoms with van der Waals surface area (Å²) in [5.41, 5.74) is 0. The van der Waals surface area contributed by atoms with E-state index in [0.717, 1.165) is 30.7 Å². The first-order chi connectivity index (χ1) is 11.4. The molecule has 25 heavy (non-hydrogen) atoms. The number of hydrogen-bond acceptors (Lipinski definition) is 5. The van der Waals surface area contributed by atoms with Crippen LogP contribution in [0.3, 0.4) is 0 Å². The van der Waals surface area contributed by atoms with E-state index in [9.17, 15) is 13.2 Å². The molecule has 6 nitrogen and oxygen atoms in total. The summed E-state index contributed by atoms with van der Waals surface area (Å²) in [7, 11) is -3.59. The van der Waals surface area contributed by atoms with E-state index in [0.29, 0.717) is 17.2 Å². The van der Waals surface area contributed by atoms with Crippen molar-refractivity contribution < 1.29 is 13.2 Å². The number of amides is 1. The second kappa shape index (κ2) is 8.35. The van der Waals surface area contributed by atoms with Gasteiger partial charge in [-0.1, -0.05) is 0 Å². The Labute approximate surface area is 159 Å². The zero-order chi connectivity index (χ0) is 17.3. The monoisotopic (exact) mass is 407 g/mol. The Morgan fingerprint density at radius 1 is 1.32 bits per heavy atom. The van der Waals surface area contributed by atoms with Gasteiger partial charge in [-0.2, -0.15) is 4.31 Å². The van der Waals surface area contributed by atoms with Crippen molar-refractivity contribution in [2.45, 2.75) is 61.9 Å². The van der Waals surface area contributed by atoms with E-state index < -0.39 is 16.1 Å². The molecule has 3 heterocycles. The van der Waals surface area contributed by atoms with Crippen molar-refractivity contribution in [1.82, 2.24) is 14.9 Å². The minimum atomic E-state index is -3.59. The number of halogens is 1. The minimum absolute atomic E-state index is 0. The highest BCUT2D eigenvalue weighted by Crippen LogP contribution is 2.30. The molecular weight excluding hydrogens is 382 g/mol. The lowest BCUT2D eigenvalue weighted by Gasteiger charge is -2.32. The third-order valence-corrected chi connectivity index (χ3v) is 8.25. The van der Waals surface area contributed by atoms with Gasteiger partial charge in [0.15, 0.2) is 0 Å². The molecule has 142 valence electrons. The molecular formula is C16H26ClN3O3S2. The van der Waals surface area contributed by atoms with E-state index in [1.165, 1.54) is 15.6 Å². The summed E-state index contributed by atoms with van der Waals surface area (Å²) in [6.45, 7) is 5.32. The molecule has 2 saturated heterocycles. The van der Waals surface area contributed by atoms with Gasteiger partial charge in [-0.25, -0.2) is 8.42 Å². The molecule has 3 atom stereocenters. The first-order valence-corrected chi connectivity index (χ1v) is 10.8. The number of carbonyl (C=O) groups is 1. The number of hydrogen-bond donors (Lipinski definition) is 2. The number of rotatable bonds is 4. The number of sulfonamides is 1. The number of thiophene rings is 1. The van der Waals surface area contributed by atoms with Crippen molar-refractivity contribution in [3.63, 3.8) is 0 Å². The largest absolute Gasteiger partial charge is 0.350 e.